The van der Waals surface area contributed by atoms with E-state index in [2.05, 4.69) is 5.32 Å². The minimum atomic E-state index is -3.53. The molecular weight excluding hydrogens is 344 g/mol. The number of thioether (sulfide) groups is 1. The molecule has 0 unspecified atom stereocenters. The molecule has 0 saturated carbocycles. The number of amides is 1. The predicted octanol–water partition coefficient (Wildman–Crippen LogP) is 3.18. The third kappa shape index (κ3) is 4.95. The van der Waals surface area contributed by atoms with E-state index in [9.17, 15) is 13.2 Å². The Kier molecular flexibility index (Phi) is 6.19. The second-order valence-electron chi connectivity index (χ2n) is 5.04. The zero-order chi connectivity index (χ0) is 17.6. The molecule has 2 aromatic carbocycles. The van der Waals surface area contributed by atoms with E-state index in [0.29, 0.717) is 5.69 Å². The fourth-order valence-corrected chi connectivity index (χ4v) is 3.41. The van der Waals surface area contributed by atoms with Crippen molar-refractivity contribution in [3.63, 3.8) is 0 Å². The number of carbonyl (C=O) groups is 1. The van der Waals surface area contributed by atoms with Gasteiger partial charge in [-0.25, -0.2) is 12.7 Å². The summed E-state index contributed by atoms with van der Waals surface area (Å²) in [6, 6.07) is 15.8. The van der Waals surface area contributed by atoms with Gasteiger partial charge < -0.3 is 5.32 Å². The highest BCUT2D eigenvalue weighted by Gasteiger charge is 2.17. The second-order valence-corrected chi connectivity index (χ2v) is 8.17. The van der Waals surface area contributed by atoms with Crippen LogP contribution in [0.1, 0.15) is 0 Å². The molecule has 1 N–H and O–H groups in total. The molecule has 0 radical (unpaired) electrons. The quantitative estimate of drug-likeness (QED) is 0.633. The lowest BCUT2D eigenvalue weighted by atomic mass is 10.3. The van der Waals surface area contributed by atoms with Gasteiger partial charge in [0, 0.05) is 30.8 Å². The molecule has 0 bridgehead atoms. The standard InChI is InChI=1S/C17H18N2O3S2/c1-19(2)24(21,22)16-10-6-7-14(13-16)18-17(20)11-12-23-15-8-4-3-5-9-15/h3-13H,1-2H3,(H,18,20)/b12-11+. The first-order chi connectivity index (χ1) is 11.4. The summed E-state index contributed by atoms with van der Waals surface area (Å²) in [4.78, 5) is 13.1. The zero-order valence-corrected chi connectivity index (χ0v) is 15.0. The van der Waals surface area contributed by atoms with Crippen LogP contribution in [0.4, 0.5) is 5.69 Å². The number of sulfonamides is 1. The van der Waals surface area contributed by atoms with E-state index < -0.39 is 10.0 Å². The van der Waals surface area contributed by atoms with Crippen molar-refractivity contribution >= 4 is 33.4 Å². The Morgan fingerprint density at radius 3 is 2.46 bits per heavy atom. The number of rotatable bonds is 6. The van der Waals surface area contributed by atoms with Crippen LogP contribution in [0.2, 0.25) is 0 Å². The lowest BCUT2D eigenvalue weighted by molar-refractivity contribution is -0.111. The molecule has 0 aliphatic rings. The molecule has 7 heteroatoms. The number of benzene rings is 2. The molecule has 0 atom stereocenters. The van der Waals surface area contributed by atoms with Crippen molar-refractivity contribution in [1.29, 1.82) is 0 Å². The normalized spacial score (nSPS) is 11.8. The molecule has 0 aliphatic heterocycles. The van der Waals surface area contributed by atoms with Gasteiger partial charge in [-0.2, -0.15) is 0 Å². The van der Waals surface area contributed by atoms with E-state index in [1.54, 1.807) is 17.5 Å². The van der Waals surface area contributed by atoms with Gasteiger partial charge in [-0.05, 0) is 35.7 Å². The van der Waals surface area contributed by atoms with Crippen molar-refractivity contribution in [2.45, 2.75) is 9.79 Å². The van der Waals surface area contributed by atoms with Gasteiger partial charge in [-0.15, -0.1) is 0 Å². The number of nitrogens with one attached hydrogen (secondary N) is 1. The first-order valence-corrected chi connectivity index (χ1v) is 9.43. The zero-order valence-electron chi connectivity index (χ0n) is 13.3. The maximum atomic E-state index is 12.1. The van der Waals surface area contributed by atoms with E-state index in [1.165, 1.54) is 44.1 Å². The van der Waals surface area contributed by atoms with Crippen LogP contribution in [0.25, 0.3) is 0 Å². The summed E-state index contributed by atoms with van der Waals surface area (Å²) in [7, 11) is -0.603. The summed E-state index contributed by atoms with van der Waals surface area (Å²) in [5.41, 5.74) is 0.428. The first-order valence-electron chi connectivity index (χ1n) is 7.11. The summed E-state index contributed by atoms with van der Waals surface area (Å²) in [6.45, 7) is 0. The van der Waals surface area contributed by atoms with Crippen LogP contribution in [0.3, 0.4) is 0 Å². The first kappa shape index (κ1) is 18.3. The predicted molar refractivity (Wildman–Crippen MR) is 97.4 cm³/mol. The van der Waals surface area contributed by atoms with Gasteiger partial charge in [0.25, 0.3) is 0 Å². The molecule has 2 rings (SSSR count). The van der Waals surface area contributed by atoms with E-state index in [-0.39, 0.29) is 10.8 Å². The van der Waals surface area contributed by atoms with Crippen molar-refractivity contribution in [3.8, 4) is 0 Å². The third-order valence-electron chi connectivity index (χ3n) is 3.05. The van der Waals surface area contributed by atoms with Crippen molar-refractivity contribution in [3.05, 3.63) is 66.1 Å². The molecule has 1 amide bonds. The SMILES string of the molecule is CN(C)S(=O)(=O)c1cccc(NC(=O)/C=C/Sc2ccccc2)c1. The van der Waals surface area contributed by atoms with Crippen LogP contribution in [-0.4, -0.2) is 32.7 Å². The number of hydrogen-bond acceptors (Lipinski definition) is 4. The number of hydrogen-bond donors (Lipinski definition) is 1. The minimum Gasteiger partial charge on any atom is -0.322 e. The fraction of sp³-hybridized carbons (Fsp3) is 0.118. The largest absolute Gasteiger partial charge is 0.322 e. The van der Waals surface area contributed by atoms with E-state index in [1.807, 2.05) is 30.3 Å². The van der Waals surface area contributed by atoms with E-state index in [4.69, 9.17) is 0 Å². The smallest absolute Gasteiger partial charge is 0.248 e. The maximum absolute atomic E-state index is 12.1. The van der Waals surface area contributed by atoms with Gasteiger partial charge in [0.2, 0.25) is 15.9 Å². The van der Waals surface area contributed by atoms with Gasteiger partial charge in [0.1, 0.15) is 0 Å². The van der Waals surface area contributed by atoms with E-state index in [0.717, 1.165) is 9.20 Å². The third-order valence-corrected chi connectivity index (χ3v) is 5.67. The molecule has 0 aliphatic carbocycles. The highest BCUT2D eigenvalue weighted by Crippen LogP contribution is 2.19. The lowest BCUT2D eigenvalue weighted by Crippen LogP contribution is -2.22. The minimum absolute atomic E-state index is 0.132. The van der Waals surface area contributed by atoms with Gasteiger partial charge in [-0.3, -0.25) is 4.79 Å². The summed E-state index contributed by atoms with van der Waals surface area (Å²) < 4.78 is 25.3. The van der Waals surface area contributed by atoms with Crippen LogP contribution in [0, 0.1) is 0 Å². The molecule has 5 nitrogen and oxygen atoms in total. The number of carbonyl (C=O) groups excluding carboxylic acids is 1. The van der Waals surface area contributed by atoms with Gasteiger partial charge in [0.05, 0.1) is 4.90 Å². The highest BCUT2D eigenvalue weighted by atomic mass is 32.2. The Morgan fingerprint density at radius 2 is 1.79 bits per heavy atom. The fourth-order valence-electron chi connectivity index (χ4n) is 1.80. The molecule has 2 aromatic rings. The molecule has 0 aromatic heterocycles. The Hall–Kier alpha value is -2.09. The lowest BCUT2D eigenvalue weighted by Gasteiger charge is -2.12. The Morgan fingerprint density at radius 1 is 1.08 bits per heavy atom. The van der Waals surface area contributed by atoms with Crippen LogP contribution < -0.4 is 5.32 Å². The van der Waals surface area contributed by atoms with Crippen molar-refractivity contribution in [1.82, 2.24) is 4.31 Å². The van der Waals surface area contributed by atoms with Crippen LogP contribution in [-0.2, 0) is 14.8 Å². The number of nitrogens with zero attached hydrogens (tertiary/aromatic N) is 1. The number of anilines is 1. The summed E-state index contributed by atoms with van der Waals surface area (Å²) in [5, 5.41) is 4.34. The molecule has 24 heavy (non-hydrogen) atoms. The summed E-state index contributed by atoms with van der Waals surface area (Å²) >= 11 is 1.43. The van der Waals surface area contributed by atoms with Crippen LogP contribution >= 0.6 is 11.8 Å². The van der Waals surface area contributed by atoms with Crippen molar-refractivity contribution in [2.24, 2.45) is 0 Å². The molecule has 0 fully saturated rings. The Balaban J connectivity index is 2.02. The topological polar surface area (TPSA) is 66.5 Å². The Bertz CT molecular complexity index is 832. The molecule has 126 valence electrons. The van der Waals surface area contributed by atoms with Gasteiger partial charge in [-0.1, -0.05) is 36.0 Å². The second kappa shape index (κ2) is 8.14. The highest BCUT2D eigenvalue weighted by molar-refractivity contribution is 8.02. The summed E-state index contributed by atoms with van der Waals surface area (Å²) in [6.07, 6.45) is 1.41. The Labute approximate surface area is 146 Å². The maximum Gasteiger partial charge on any atom is 0.248 e. The van der Waals surface area contributed by atoms with Crippen molar-refractivity contribution in [2.75, 3.05) is 19.4 Å². The molecule has 0 saturated heterocycles. The molecule has 0 heterocycles. The summed E-state index contributed by atoms with van der Waals surface area (Å²) in [5.74, 6) is -0.321. The average Bonchev–Trinajstić information content (AvgIpc) is 2.56. The van der Waals surface area contributed by atoms with Gasteiger partial charge >= 0.3 is 0 Å². The van der Waals surface area contributed by atoms with Gasteiger partial charge in [0.15, 0.2) is 0 Å². The van der Waals surface area contributed by atoms with Crippen molar-refractivity contribution < 1.29 is 13.2 Å². The monoisotopic (exact) mass is 362 g/mol. The average molecular weight is 362 g/mol. The van der Waals surface area contributed by atoms with E-state index >= 15 is 0 Å². The van der Waals surface area contributed by atoms with Crippen LogP contribution in [0.15, 0.2) is 75.9 Å². The molecule has 0 spiro atoms. The van der Waals surface area contributed by atoms with Crippen LogP contribution in [0.5, 0.6) is 0 Å². The molecular formula is C17H18N2O3S2.